The first-order valence-electron chi connectivity index (χ1n) is 7.39. The van der Waals surface area contributed by atoms with Crippen molar-refractivity contribution in [1.29, 1.82) is 0 Å². The summed E-state index contributed by atoms with van der Waals surface area (Å²) in [7, 11) is 0. The van der Waals surface area contributed by atoms with E-state index in [0.29, 0.717) is 23.0 Å². The summed E-state index contributed by atoms with van der Waals surface area (Å²) in [5.41, 5.74) is 7.43. The van der Waals surface area contributed by atoms with Crippen LogP contribution in [-0.4, -0.2) is 18.5 Å². The second kappa shape index (κ2) is 8.62. The lowest BCUT2D eigenvalue weighted by atomic mass is 9.84. The first kappa shape index (κ1) is 18.3. The summed E-state index contributed by atoms with van der Waals surface area (Å²) >= 11 is 6.14. The van der Waals surface area contributed by atoms with Gasteiger partial charge in [-0.05, 0) is 43.4 Å². The van der Waals surface area contributed by atoms with E-state index in [0.717, 1.165) is 18.4 Å². The van der Waals surface area contributed by atoms with Crippen molar-refractivity contribution in [2.24, 2.45) is 11.7 Å². The molecule has 1 unspecified atom stereocenters. The summed E-state index contributed by atoms with van der Waals surface area (Å²) in [4.78, 5) is 12.3. The lowest BCUT2D eigenvalue weighted by Crippen LogP contribution is -2.46. The van der Waals surface area contributed by atoms with Crippen LogP contribution in [0.25, 0.3) is 0 Å². The van der Waals surface area contributed by atoms with Crippen molar-refractivity contribution >= 4 is 29.9 Å². The Morgan fingerprint density at radius 1 is 1.38 bits per heavy atom. The molecule has 118 valence electrons. The molecule has 0 heterocycles. The fourth-order valence-electron chi connectivity index (χ4n) is 2.96. The van der Waals surface area contributed by atoms with Crippen molar-refractivity contribution in [3.63, 3.8) is 0 Å². The van der Waals surface area contributed by atoms with E-state index in [1.807, 2.05) is 19.1 Å². The second-order valence-electron chi connectivity index (χ2n) is 5.70. The van der Waals surface area contributed by atoms with Gasteiger partial charge in [0, 0.05) is 12.6 Å². The molecule has 0 radical (unpaired) electrons. The van der Waals surface area contributed by atoms with Gasteiger partial charge in [0.1, 0.15) is 0 Å². The van der Waals surface area contributed by atoms with Gasteiger partial charge in [-0.1, -0.05) is 36.9 Å². The third-order valence-electron chi connectivity index (χ3n) is 4.16. The Bertz CT molecular complexity index is 473. The molecule has 1 aliphatic carbocycles. The molecular weight excluding hydrogens is 307 g/mol. The summed E-state index contributed by atoms with van der Waals surface area (Å²) in [5, 5.41) is 3.57. The predicted molar refractivity (Wildman–Crippen MR) is 90.3 cm³/mol. The summed E-state index contributed by atoms with van der Waals surface area (Å²) in [6.45, 7) is 2.44. The van der Waals surface area contributed by atoms with Crippen LogP contribution in [0.2, 0.25) is 5.02 Å². The number of hydrogen-bond donors (Lipinski definition) is 2. The molecule has 1 fully saturated rings. The Morgan fingerprint density at radius 2 is 2.05 bits per heavy atom. The van der Waals surface area contributed by atoms with Crippen LogP contribution in [0.1, 0.15) is 48.0 Å². The second-order valence-corrected chi connectivity index (χ2v) is 6.10. The van der Waals surface area contributed by atoms with Crippen molar-refractivity contribution in [2.75, 3.05) is 6.54 Å². The van der Waals surface area contributed by atoms with Crippen molar-refractivity contribution in [3.05, 3.63) is 34.3 Å². The van der Waals surface area contributed by atoms with Gasteiger partial charge in [0.2, 0.25) is 0 Å². The third kappa shape index (κ3) is 4.87. The highest BCUT2D eigenvalue weighted by Gasteiger charge is 2.24. The van der Waals surface area contributed by atoms with Crippen molar-refractivity contribution in [2.45, 2.75) is 45.1 Å². The normalized spacial score (nSPS) is 16.9. The maximum absolute atomic E-state index is 12.3. The van der Waals surface area contributed by atoms with E-state index in [9.17, 15) is 4.79 Å². The fraction of sp³-hybridized carbons (Fsp3) is 0.562. The SMILES string of the molecule is Cc1ccc(C(=O)NC(CN)C2CCCCC2)c(Cl)c1.Cl. The molecule has 0 bridgehead atoms. The van der Waals surface area contributed by atoms with E-state index in [1.165, 1.54) is 19.3 Å². The number of carbonyl (C=O) groups is 1. The molecule has 1 aromatic rings. The van der Waals surface area contributed by atoms with E-state index in [2.05, 4.69) is 5.32 Å². The zero-order chi connectivity index (χ0) is 14.5. The number of rotatable bonds is 4. The molecule has 1 saturated carbocycles. The van der Waals surface area contributed by atoms with Crippen LogP contribution < -0.4 is 11.1 Å². The van der Waals surface area contributed by atoms with E-state index >= 15 is 0 Å². The molecule has 3 nitrogen and oxygen atoms in total. The quantitative estimate of drug-likeness (QED) is 0.884. The first-order chi connectivity index (χ1) is 9.61. The zero-order valence-electron chi connectivity index (χ0n) is 12.4. The average Bonchev–Trinajstić information content (AvgIpc) is 2.45. The Morgan fingerprint density at radius 3 is 2.62 bits per heavy atom. The minimum Gasteiger partial charge on any atom is -0.348 e. The Labute approximate surface area is 138 Å². The lowest BCUT2D eigenvalue weighted by molar-refractivity contribution is 0.0915. The highest BCUT2D eigenvalue weighted by Crippen LogP contribution is 2.26. The number of nitrogens with two attached hydrogens (primary N) is 1. The fourth-order valence-corrected chi connectivity index (χ4v) is 3.28. The van der Waals surface area contributed by atoms with Gasteiger partial charge >= 0.3 is 0 Å². The minimum absolute atomic E-state index is 0. The molecule has 5 heteroatoms. The maximum Gasteiger partial charge on any atom is 0.253 e. The Balaban J connectivity index is 0.00000220. The molecule has 0 aliphatic heterocycles. The predicted octanol–water partition coefficient (Wildman–Crippen LogP) is 3.71. The van der Waals surface area contributed by atoms with Gasteiger partial charge in [-0.2, -0.15) is 0 Å². The van der Waals surface area contributed by atoms with Gasteiger partial charge in [0.25, 0.3) is 5.91 Å². The highest BCUT2D eigenvalue weighted by molar-refractivity contribution is 6.33. The Hall–Kier alpha value is -0.770. The monoisotopic (exact) mass is 330 g/mol. The third-order valence-corrected chi connectivity index (χ3v) is 4.47. The van der Waals surface area contributed by atoms with Gasteiger partial charge in [0.05, 0.1) is 10.6 Å². The smallest absolute Gasteiger partial charge is 0.253 e. The van der Waals surface area contributed by atoms with Crippen LogP contribution in [-0.2, 0) is 0 Å². The van der Waals surface area contributed by atoms with E-state index < -0.39 is 0 Å². The largest absolute Gasteiger partial charge is 0.348 e. The van der Waals surface area contributed by atoms with Gasteiger partial charge in [0.15, 0.2) is 0 Å². The first-order valence-corrected chi connectivity index (χ1v) is 7.76. The van der Waals surface area contributed by atoms with E-state index in [-0.39, 0.29) is 24.4 Å². The van der Waals surface area contributed by atoms with Crippen molar-refractivity contribution in [3.8, 4) is 0 Å². The van der Waals surface area contributed by atoms with Crippen molar-refractivity contribution < 1.29 is 4.79 Å². The number of halogens is 2. The van der Waals surface area contributed by atoms with Crippen LogP contribution in [0.5, 0.6) is 0 Å². The number of amides is 1. The van der Waals surface area contributed by atoms with E-state index in [4.69, 9.17) is 17.3 Å². The highest BCUT2D eigenvalue weighted by atomic mass is 35.5. The summed E-state index contributed by atoms with van der Waals surface area (Å²) in [6.07, 6.45) is 6.09. The van der Waals surface area contributed by atoms with Crippen LogP contribution in [0.4, 0.5) is 0 Å². The molecule has 1 aliphatic rings. The topological polar surface area (TPSA) is 55.1 Å². The number of hydrogen-bond acceptors (Lipinski definition) is 2. The minimum atomic E-state index is -0.115. The Kier molecular flexibility index (Phi) is 7.50. The van der Waals surface area contributed by atoms with E-state index in [1.54, 1.807) is 6.07 Å². The summed E-state index contributed by atoms with van der Waals surface area (Å²) in [5.74, 6) is 0.387. The molecule has 2 rings (SSSR count). The summed E-state index contributed by atoms with van der Waals surface area (Å²) in [6, 6.07) is 5.55. The number of nitrogens with one attached hydrogen (secondary N) is 1. The van der Waals surface area contributed by atoms with Crippen LogP contribution >= 0.6 is 24.0 Å². The molecule has 0 aromatic heterocycles. The lowest BCUT2D eigenvalue weighted by Gasteiger charge is -2.30. The number of benzene rings is 1. The zero-order valence-corrected chi connectivity index (χ0v) is 14.0. The molecule has 1 amide bonds. The van der Waals surface area contributed by atoms with Crippen molar-refractivity contribution in [1.82, 2.24) is 5.32 Å². The molecule has 0 saturated heterocycles. The summed E-state index contributed by atoms with van der Waals surface area (Å²) < 4.78 is 0. The van der Waals surface area contributed by atoms with Crippen LogP contribution in [0.15, 0.2) is 18.2 Å². The average molecular weight is 331 g/mol. The molecular formula is C16H24Cl2N2O. The van der Waals surface area contributed by atoms with Gasteiger partial charge < -0.3 is 11.1 Å². The molecule has 3 N–H and O–H groups in total. The number of carbonyl (C=O) groups excluding carboxylic acids is 1. The molecule has 0 spiro atoms. The van der Waals surface area contributed by atoms with Crippen LogP contribution in [0, 0.1) is 12.8 Å². The molecule has 1 atom stereocenters. The molecule has 1 aromatic carbocycles. The number of aryl methyl sites for hydroxylation is 1. The van der Waals surface area contributed by atoms with Gasteiger partial charge in [-0.25, -0.2) is 0 Å². The van der Waals surface area contributed by atoms with Gasteiger partial charge in [-0.15, -0.1) is 12.4 Å². The molecule has 21 heavy (non-hydrogen) atoms. The van der Waals surface area contributed by atoms with Gasteiger partial charge in [-0.3, -0.25) is 4.79 Å². The maximum atomic E-state index is 12.3. The van der Waals surface area contributed by atoms with Crippen LogP contribution in [0.3, 0.4) is 0 Å². The standard InChI is InChI=1S/C16H23ClN2O.ClH/c1-11-7-8-13(14(17)9-11)16(20)19-15(10-18)12-5-3-2-4-6-12;/h7-9,12,15H,2-6,10,18H2,1H3,(H,19,20);1H.